The number of amides is 1. The number of ether oxygens (including phenoxy) is 1. The molecular weight excluding hydrogens is 402 g/mol. The van der Waals surface area contributed by atoms with Crippen LogP contribution in [0.2, 0.25) is 0 Å². The topological polar surface area (TPSA) is 73.2 Å². The Bertz CT molecular complexity index is 1310. The molecule has 32 heavy (non-hydrogen) atoms. The van der Waals surface area contributed by atoms with Crippen molar-refractivity contribution in [2.45, 2.75) is 31.8 Å². The van der Waals surface area contributed by atoms with Crippen LogP contribution in [-0.4, -0.2) is 21.8 Å². The van der Waals surface area contributed by atoms with Gasteiger partial charge < -0.3 is 10.1 Å². The lowest BCUT2D eigenvalue weighted by atomic mass is 10.1. The Labute approximate surface area is 185 Å². The van der Waals surface area contributed by atoms with Crippen molar-refractivity contribution in [1.82, 2.24) is 9.78 Å². The van der Waals surface area contributed by atoms with Crippen LogP contribution in [0.4, 0.5) is 5.69 Å². The Hall–Kier alpha value is -3.93. The molecule has 1 amide bonds. The number of hydrogen-bond acceptors (Lipinski definition) is 4. The number of benzene rings is 3. The smallest absolute Gasteiger partial charge is 0.279 e. The van der Waals surface area contributed by atoms with Crippen LogP contribution < -0.4 is 15.6 Å². The summed E-state index contributed by atoms with van der Waals surface area (Å²) in [7, 11) is 0. The maximum atomic E-state index is 13.2. The Kier molecular flexibility index (Phi) is 5.42. The molecule has 1 N–H and O–H groups in total. The molecule has 6 nitrogen and oxygen atoms in total. The number of carbonyl (C=O) groups is 1. The summed E-state index contributed by atoms with van der Waals surface area (Å²) in [5.74, 6) is 0.423. The molecule has 0 atom stereocenters. The summed E-state index contributed by atoms with van der Waals surface area (Å²) in [4.78, 5) is 26.2. The quantitative estimate of drug-likeness (QED) is 0.491. The monoisotopic (exact) mass is 425 g/mol. The van der Waals surface area contributed by atoms with Crippen molar-refractivity contribution in [2.75, 3.05) is 5.32 Å². The number of hydrogen-bond donors (Lipinski definition) is 1. The van der Waals surface area contributed by atoms with Crippen LogP contribution in [0.5, 0.6) is 5.75 Å². The molecule has 3 aromatic carbocycles. The molecule has 6 heteroatoms. The summed E-state index contributed by atoms with van der Waals surface area (Å²) in [5, 5.41) is 8.28. The highest BCUT2D eigenvalue weighted by Gasteiger charge is 2.19. The zero-order valence-electron chi connectivity index (χ0n) is 17.5. The number of nitrogens with zero attached hydrogens (tertiary/aromatic N) is 2. The summed E-state index contributed by atoms with van der Waals surface area (Å²) in [5.41, 5.74) is 1.16. The van der Waals surface area contributed by atoms with E-state index in [1.165, 1.54) is 17.5 Å². The third kappa shape index (κ3) is 3.99. The first-order valence-corrected chi connectivity index (χ1v) is 10.8. The van der Waals surface area contributed by atoms with Crippen molar-refractivity contribution < 1.29 is 9.53 Å². The van der Waals surface area contributed by atoms with E-state index in [4.69, 9.17) is 4.74 Å². The number of para-hydroxylation sites is 1. The minimum atomic E-state index is -0.379. The van der Waals surface area contributed by atoms with Crippen LogP contribution in [0.15, 0.2) is 83.7 Å². The second kappa shape index (κ2) is 8.67. The van der Waals surface area contributed by atoms with E-state index >= 15 is 0 Å². The standard InChI is InChI=1S/C26H23N3O3/c30-25(27-18-14-16-21(17-15-18)32-20-10-4-5-11-20)24-22-12-6-7-13-23(22)26(31)29(28-24)19-8-2-1-3-9-19/h1-3,6-9,12-17,20H,4-5,10-11H2,(H,27,30). The molecule has 0 spiro atoms. The average molecular weight is 425 g/mol. The first-order valence-electron chi connectivity index (χ1n) is 10.8. The predicted molar refractivity (Wildman–Crippen MR) is 125 cm³/mol. The number of fused-ring (bicyclic) bond motifs is 1. The zero-order valence-corrected chi connectivity index (χ0v) is 17.5. The van der Waals surface area contributed by atoms with Crippen molar-refractivity contribution in [3.63, 3.8) is 0 Å². The van der Waals surface area contributed by atoms with E-state index in [0.29, 0.717) is 22.1 Å². The first-order chi connectivity index (χ1) is 15.7. The van der Waals surface area contributed by atoms with Gasteiger partial charge in [-0.2, -0.15) is 9.78 Å². The van der Waals surface area contributed by atoms with Gasteiger partial charge in [-0.1, -0.05) is 36.4 Å². The molecule has 4 aromatic rings. The summed E-state index contributed by atoms with van der Waals surface area (Å²) >= 11 is 0. The largest absolute Gasteiger partial charge is 0.490 e. The van der Waals surface area contributed by atoms with Crippen LogP contribution in [0.25, 0.3) is 16.5 Å². The number of rotatable bonds is 5. The van der Waals surface area contributed by atoms with Gasteiger partial charge in [-0.3, -0.25) is 9.59 Å². The normalized spacial score (nSPS) is 13.9. The molecule has 1 aromatic heterocycles. The maximum Gasteiger partial charge on any atom is 0.279 e. The lowest BCUT2D eigenvalue weighted by Gasteiger charge is -2.14. The fourth-order valence-electron chi connectivity index (χ4n) is 4.11. The SMILES string of the molecule is O=C(Nc1ccc(OC2CCCC2)cc1)c1nn(-c2ccccc2)c(=O)c2ccccc12. The number of nitrogens with one attached hydrogen (secondary N) is 1. The van der Waals surface area contributed by atoms with Gasteiger partial charge in [0.2, 0.25) is 0 Å². The fourth-order valence-corrected chi connectivity index (χ4v) is 4.11. The summed E-state index contributed by atoms with van der Waals surface area (Å²) in [6.07, 6.45) is 4.89. The second-order valence-corrected chi connectivity index (χ2v) is 7.95. The van der Waals surface area contributed by atoms with Gasteiger partial charge >= 0.3 is 0 Å². The van der Waals surface area contributed by atoms with Crippen LogP contribution in [0.3, 0.4) is 0 Å². The third-order valence-electron chi connectivity index (χ3n) is 5.74. The second-order valence-electron chi connectivity index (χ2n) is 7.95. The fraction of sp³-hybridized carbons (Fsp3) is 0.192. The Balaban J connectivity index is 1.45. The molecule has 5 rings (SSSR count). The molecule has 0 saturated heterocycles. The van der Waals surface area contributed by atoms with Gasteiger partial charge in [0.1, 0.15) is 5.75 Å². The highest BCUT2D eigenvalue weighted by molar-refractivity contribution is 6.11. The van der Waals surface area contributed by atoms with Crippen molar-refractivity contribution in [1.29, 1.82) is 0 Å². The van der Waals surface area contributed by atoms with Crippen LogP contribution in [0.1, 0.15) is 36.2 Å². The molecule has 1 saturated carbocycles. The Morgan fingerprint density at radius 1 is 0.875 bits per heavy atom. The lowest BCUT2D eigenvalue weighted by molar-refractivity contribution is 0.102. The van der Waals surface area contributed by atoms with E-state index in [9.17, 15) is 9.59 Å². The number of anilines is 1. The van der Waals surface area contributed by atoms with Crippen LogP contribution in [0, 0.1) is 0 Å². The van der Waals surface area contributed by atoms with E-state index < -0.39 is 0 Å². The van der Waals surface area contributed by atoms with Gasteiger partial charge in [-0.05, 0) is 68.1 Å². The van der Waals surface area contributed by atoms with E-state index in [2.05, 4.69) is 10.4 Å². The Morgan fingerprint density at radius 3 is 2.25 bits per heavy atom. The summed E-state index contributed by atoms with van der Waals surface area (Å²) in [6, 6.07) is 23.5. The van der Waals surface area contributed by atoms with E-state index in [-0.39, 0.29) is 23.3 Å². The van der Waals surface area contributed by atoms with E-state index in [1.807, 2.05) is 42.5 Å². The molecule has 1 aliphatic rings. The molecule has 160 valence electrons. The van der Waals surface area contributed by atoms with Crippen molar-refractivity contribution in [3.05, 3.63) is 94.9 Å². The van der Waals surface area contributed by atoms with Gasteiger partial charge in [0.25, 0.3) is 11.5 Å². The van der Waals surface area contributed by atoms with Gasteiger partial charge in [0.05, 0.1) is 17.2 Å². The van der Waals surface area contributed by atoms with Gasteiger partial charge in [-0.15, -0.1) is 0 Å². The third-order valence-corrected chi connectivity index (χ3v) is 5.74. The molecule has 0 radical (unpaired) electrons. The summed E-state index contributed by atoms with van der Waals surface area (Å²) < 4.78 is 7.27. The number of aromatic nitrogens is 2. The molecule has 0 unspecified atom stereocenters. The maximum absolute atomic E-state index is 13.2. The van der Waals surface area contributed by atoms with Crippen molar-refractivity contribution in [2.24, 2.45) is 0 Å². The minimum absolute atomic E-state index is 0.190. The first kappa shape index (κ1) is 20.0. The van der Waals surface area contributed by atoms with Gasteiger partial charge in [0.15, 0.2) is 5.69 Å². The molecular formula is C26H23N3O3. The lowest BCUT2D eigenvalue weighted by Crippen LogP contribution is -2.26. The van der Waals surface area contributed by atoms with Gasteiger partial charge in [-0.25, -0.2) is 0 Å². The van der Waals surface area contributed by atoms with Crippen LogP contribution in [-0.2, 0) is 0 Å². The van der Waals surface area contributed by atoms with Crippen LogP contribution >= 0.6 is 0 Å². The zero-order chi connectivity index (χ0) is 21.9. The summed E-state index contributed by atoms with van der Waals surface area (Å²) in [6.45, 7) is 0. The minimum Gasteiger partial charge on any atom is -0.490 e. The van der Waals surface area contributed by atoms with Crippen molar-refractivity contribution >= 4 is 22.4 Å². The van der Waals surface area contributed by atoms with Gasteiger partial charge in [0, 0.05) is 11.1 Å². The van der Waals surface area contributed by atoms with E-state index in [1.54, 1.807) is 36.4 Å². The molecule has 1 fully saturated rings. The Morgan fingerprint density at radius 2 is 1.53 bits per heavy atom. The predicted octanol–water partition coefficient (Wildman–Crippen LogP) is 4.96. The average Bonchev–Trinajstić information content (AvgIpc) is 3.34. The molecule has 0 aliphatic heterocycles. The number of carbonyl (C=O) groups excluding carboxylic acids is 1. The molecule has 1 aliphatic carbocycles. The van der Waals surface area contributed by atoms with Crippen molar-refractivity contribution in [3.8, 4) is 11.4 Å². The molecule has 1 heterocycles. The highest BCUT2D eigenvalue weighted by Crippen LogP contribution is 2.25. The molecule has 0 bridgehead atoms. The van der Waals surface area contributed by atoms with E-state index in [0.717, 1.165) is 18.6 Å². The highest BCUT2D eigenvalue weighted by atomic mass is 16.5.